The van der Waals surface area contributed by atoms with Crippen molar-refractivity contribution in [1.29, 1.82) is 0 Å². The number of amides is 2. The summed E-state index contributed by atoms with van der Waals surface area (Å²) in [7, 11) is 0. The number of aromatic nitrogens is 2. The average molecular weight is 443 g/mol. The normalized spacial score (nSPS) is 14.5. The lowest BCUT2D eigenvalue weighted by molar-refractivity contribution is -0.122. The Hall–Kier alpha value is -2.28. The zero-order valence-corrected chi connectivity index (χ0v) is 20.1. The lowest BCUT2D eigenvalue weighted by Crippen LogP contribution is -2.34. The van der Waals surface area contributed by atoms with Gasteiger partial charge in [-0.3, -0.25) is 9.59 Å². The van der Waals surface area contributed by atoms with Crippen molar-refractivity contribution in [3.8, 4) is 0 Å². The van der Waals surface area contributed by atoms with Crippen molar-refractivity contribution in [2.75, 3.05) is 17.6 Å². The molecule has 1 heterocycles. The van der Waals surface area contributed by atoms with Gasteiger partial charge in [0.15, 0.2) is 5.16 Å². The SMILES string of the molecule is Cc1cc(C)c(NC(=O)CNC(=O)CSc2nc(C)c(C)n2C2CCCCC2)c(C)c1. The van der Waals surface area contributed by atoms with Crippen LogP contribution < -0.4 is 10.6 Å². The summed E-state index contributed by atoms with van der Waals surface area (Å²) in [5.74, 6) is -0.131. The maximum absolute atomic E-state index is 12.4. The number of hydrogen-bond acceptors (Lipinski definition) is 4. The molecule has 0 radical (unpaired) electrons. The van der Waals surface area contributed by atoms with E-state index in [1.54, 1.807) is 0 Å². The van der Waals surface area contributed by atoms with Crippen LogP contribution in [0.5, 0.6) is 0 Å². The molecule has 2 aromatic rings. The first-order chi connectivity index (χ1) is 14.8. The number of carbonyl (C=O) groups is 2. The van der Waals surface area contributed by atoms with Gasteiger partial charge >= 0.3 is 0 Å². The third-order valence-electron chi connectivity index (χ3n) is 6.01. The van der Waals surface area contributed by atoms with E-state index in [9.17, 15) is 9.59 Å². The number of hydrogen-bond donors (Lipinski definition) is 2. The fraction of sp³-hybridized carbons (Fsp3) is 0.542. The van der Waals surface area contributed by atoms with Crippen molar-refractivity contribution >= 4 is 29.3 Å². The van der Waals surface area contributed by atoms with Gasteiger partial charge in [0.1, 0.15) is 0 Å². The van der Waals surface area contributed by atoms with Gasteiger partial charge in [0.2, 0.25) is 11.8 Å². The topological polar surface area (TPSA) is 76.0 Å². The smallest absolute Gasteiger partial charge is 0.243 e. The van der Waals surface area contributed by atoms with Crippen LogP contribution in [0.15, 0.2) is 17.3 Å². The van der Waals surface area contributed by atoms with Crippen molar-refractivity contribution in [2.45, 2.75) is 77.9 Å². The second-order valence-corrected chi connectivity index (χ2v) is 9.56. The summed E-state index contributed by atoms with van der Waals surface area (Å²) in [6, 6.07) is 4.55. The molecule has 6 nitrogen and oxygen atoms in total. The van der Waals surface area contributed by atoms with Gasteiger partial charge in [-0.25, -0.2) is 4.98 Å². The summed E-state index contributed by atoms with van der Waals surface area (Å²) in [4.78, 5) is 29.4. The molecule has 0 unspecified atom stereocenters. The summed E-state index contributed by atoms with van der Waals surface area (Å²) in [6.07, 6.45) is 6.16. The average Bonchev–Trinajstić information content (AvgIpc) is 3.01. The number of imidazole rings is 1. The first-order valence-corrected chi connectivity index (χ1v) is 12.1. The number of nitrogens with one attached hydrogen (secondary N) is 2. The molecule has 1 aromatic heterocycles. The van der Waals surface area contributed by atoms with E-state index in [0.717, 1.165) is 33.2 Å². The quantitative estimate of drug-likeness (QED) is 0.605. The summed E-state index contributed by atoms with van der Waals surface area (Å²) in [5, 5.41) is 6.57. The fourth-order valence-corrected chi connectivity index (χ4v) is 5.38. The van der Waals surface area contributed by atoms with Gasteiger partial charge in [0, 0.05) is 17.4 Å². The van der Waals surface area contributed by atoms with E-state index in [-0.39, 0.29) is 24.1 Å². The molecule has 1 saturated carbocycles. The van der Waals surface area contributed by atoms with Crippen molar-refractivity contribution < 1.29 is 9.59 Å². The van der Waals surface area contributed by atoms with Crippen molar-refractivity contribution in [3.63, 3.8) is 0 Å². The number of thioether (sulfide) groups is 1. The summed E-state index contributed by atoms with van der Waals surface area (Å²) < 4.78 is 2.32. The standard InChI is InChI=1S/C24H34N4O2S/c1-15-11-16(2)23(17(3)12-15)27-21(29)13-25-22(30)14-31-24-26-18(4)19(5)28(24)20-9-7-6-8-10-20/h11-12,20H,6-10,13-14H2,1-5H3,(H,25,30)(H,27,29). The minimum atomic E-state index is -0.219. The molecule has 0 spiro atoms. The Morgan fingerprint density at radius 3 is 2.32 bits per heavy atom. The van der Waals surface area contributed by atoms with Gasteiger partial charge in [-0.05, 0) is 58.6 Å². The van der Waals surface area contributed by atoms with Gasteiger partial charge in [0.25, 0.3) is 0 Å². The third kappa shape index (κ3) is 5.91. The van der Waals surface area contributed by atoms with Crippen LogP contribution in [0, 0.1) is 34.6 Å². The molecule has 1 aliphatic rings. The van der Waals surface area contributed by atoms with Crippen LogP contribution in [0.3, 0.4) is 0 Å². The van der Waals surface area contributed by atoms with Crippen LogP contribution in [0.4, 0.5) is 5.69 Å². The zero-order valence-electron chi connectivity index (χ0n) is 19.3. The molecule has 0 atom stereocenters. The van der Waals surface area contributed by atoms with E-state index >= 15 is 0 Å². The molecule has 2 amide bonds. The summed E-state index contributed by atoms with van der Waals surface area (Å²) in [5.41, 5.74) is 6.24. The Bertz CT molecular complexity index is 938. The van der Waals surface area contributed by atoms with E-state index in [1.807, 2.05) is 39.8 Å². The van der Waals surface area contributed by atoms with Crippen LogP contribution in [-0.2, 0) is 9.59 Å². The highest BCUT2D eigenvalue weighted by molar-refractivity contribution is 7.99. The number of carbonyl (C=O) groups excluding carboxylic acids is 2. The molecule has 0 saturated heterocycles. The van der Waals surface area contributed by atoms with E-state index in [2.05, 4.69) is 22.1 Å². The van der Waals surface area contributed by atoms with Crippen molar-refractivity contribution in [1.82, 2.24) is 14.9 Å². The molecule has 7 heteroatoms. The fourth-order valence-electron chi connectivity index (χ4n) is 4.39. The van der Waals surface area contributed by atoms with Crippen LogP contribution >= 0.6 is 11.8 Å². The van der Waals surface area contributed by atoms with Gasteiger partial charge in [0.05, 0.1) is 18.0 Å². The van der Waals surface area contributed by atoms with Crippen LogP contribution in [0.25, 0.3) is 0 Å². The highest BCUT2D eigenvalue weighted by Crippen LogP contribution is 2.34. The molecule has 31 heavy (non-hydrogen) atoms. The number of benzene rings is 1. The lowest BCUT2D eigenvalue weighted by atomic mass is 9.95. The molecule has 1 aliphatic carbocycles. The van der Waals surface area contributed by atoms with Gasteiger partial charge < -0.3 is 15.2 Å². The molecular formula is C24H34N4O2S. The Balaban J connectivity index is 1.53. The Kier molecular flexibility index (Phi) is 7.81. The van der Waals surface area contributed by atoms with E-state index in [0.29, 0.717) is 6.04 Å². The first-order valence-electron chi connectivity index (χ1n) is 11.1. The van der Waals surface area contributed by atoms with Crippen LogP contribution in [0.2, 0.25) is 0 Å². The Morgan fingerprint density at radius 1 is 1.03 bits per heavy atom. The molecule has 2 N–H and O–H groups in total. The maximum atomic E-state index is 12.4. The Labute approximate surface area is 189 Å². The Morgan fingerprint density at radius 2 is 1.68 bits per heavy atom. The zero-order chi connectivity index (χ0) is 22.5. The monoisotopic (exact) mass is 442 g/mol. The largest absolute Gasteiger partial charge is 0.346 e. The first kappa shape index (κ1) is 23.4. The third-order valence-corrected chi connectivity index (χ3v) is 6.97. The predicted molar refractivity (Wildman–Crippen MR) is 127 cm³/mol. The van der Waals surface area contributed by atoms with Gasteiger partial charge in [-0.2, -0.15) is 0 Å². The number of nitrogens with zero attached hydrogens (tertiary/aromatic N) is 2. The second-order valence-electron chi connectivity index (χ2n) is 8.61. The van der Waals surface area contributed by atoms with E-state index in [4.69, 9.17) is 4.98 Å². The van der Waals surface area contributed by atoms with Gasteiger partial charge in [-0.15, -0.1) is 0 Å². The summed E-state index contributed by atoms with van der Waals surface area (Å²) >= 11 is 1.45. The second kappa shape index (κ2) is 10.4. The van der Waals surface area contributed by atoms with Gasteiger partial charge in [-0.1, -0.05) is 48.7 Å². The molecule has 1 aromatic carbocycles. The van der Waals surface area contributed by atoms with Crippen molar-refractivity contribution in [2.24, 2.45) is 0 Å². The maximum Gasteiger partial charge on any atom is 0.243 e. The minimum Gasteiger partial charge on any atom is -0.346 e. The lowest BCUT2D eigenvalue weighted by Gasteiger charge is -2.26. The number of anilines is 1. The predicted octanol–water partition coefficient (Wildman–Crippen LogP) is 4.78. The number of aryl methyl sites for hydroxylation is 4. The van der Waals surface area contributed by atoms with Crippen molar-refractivity contribution in [3.05, 3.63) is 40.2 Å². The molecule has 168 valence electrons. The van der Waals surface area contributed by atoms with Crippen LogP contribution in [-0.4, -0.2) is 33.7 Å². The molecule has 0 bridgehead atoms. The van der Waals surface area contributed by atoms with E-state index in [1.165, 1.54) is 49.6 Å². The highest BCUT2D eigenvalue weighted by Gasteiger charge is 2.22. The molecule has 3 rings (SSSR count). The van der Waals surface area contributed by atoms with E-state index < -0.39 is 0 Å². The highest BCUT2D eigenvalue weighted by atomic mass is 32.2. The molecule has 0 aliphatic heterocycles. The molecule has 1 fully saturated rings. The van der Waals surface area contributed by atoms with Crippen LogP contribution in [0.1, 0.15) is 66.2 Å². The molecular weight excluding hydrogens is 408 g/mol. The number of rotatable bonds is 7. The minimum absolute atomic E-state index is 0.0404. The summed E-state index contributed by atoms with van der Waals surface area (Å²) in [6.45, 7) is 10.1.